The summed E-state index contributed by atoms with van der Waals surface area (Å²) in [6.07, 6.45) is 3.66. The Morgan fingerprint density at radius 3 is 2.53 bits per heavy atom. The Labute approximate surface area is 176 Å². The molecule has 1 aliphatic heterocycles. The van der Waals surface area contributed by atoms with Crippen LogP contribution < -0.4 is 9.64 Å². The molecule has 6 heteroatoms. The minimum absolute atomic E-state index is 0.0384. The molecule has 2 aromatic carbocycles. The van der Waals surface area contributed by atoms with Crippen molar-refractivity contribution in [2.75, 3.05) is 38.2 Å². The van der Waals surface area contributed by atoms with E-state index in [2.05, 4.69) is 23.6 Å². The maximum atomic E-state index is 12.9. The number of hydrogen-bond acceptors (Lipinski definition) is 5. The zero-order valence-corrected chi connectivity index (χ0v) is 17.0. The van der Waals surface area contributed by atoms with Crippen LogP contribution in [-0.2, 0) is 11.2 Å². The third-order valence-corrected chi connectivity index (χ3v) is 5.11. The Kier molecular flexibility index (Phi) is 6.76. The molecule has 0 bridgehead atoms. The zero-order valence-electron chi connectivity index (χ0n) is 17.0. The second kappa shape index (κ2) is 9.66. The number of amides is 1. The molecule has 154 valence electrons. The van der Waals surface area contributed by atoms with Gasteiger partial charge in [-0.1, -0.05) is 24.3 Å². The van der Waals surface area contributed by atoms with Gasteiger partial charge in [0, 0.05) is 37.4 Å². The molecule has 1 N–H and O–H groups in total. The van der Waals surface area contributed by atoms with Crippen molar-refractivity contribution in [1.29, 1.82) is 5.26 Å². The first kappa shape index (κ1) is 21.0. The molecule has 1 heterocycles. The molecule has 0 spiro atoms. The summed E-state index contributed by atoms with van der Waals surface area (Å²) in [6, 6.07) is 15.4. The van der Waals surface area contributed by atoms with Gasteiger partial charge in [0.25, 0.3) is 5.91 Å². The van der Waals surface area contributed by atoms with Gasteiger partial charge in [-0.15, -0.1) is 6.58 Å². The molecule has 1 fully saturated rings. The molecule has 0 radical (unpaired) electrons. The normalized spacial score (nSPS) is 14.2. The lowest BCUT2D eigenvalue weighted by molar-refractivity contribution is -0.126. The van der Waals surface area contributed by atoms with Crippen molar-refractivity contribution < 1.29 is 14.6 Å². The highest BCUT2D eigenvalue weighted by molar-refractivity contribution is 6.01. The number of carbonyl (C=O) groups excluding carboxylic acids is 1. The van der Waals surface area contributed by atoms with Crippen molar-refractivity contribution in [1.82, 2.24) is 4.90 Å². The number of rotatable bonds is 6. The molecular weight excluding hydrogens is 378 g/mol. The first-order valence-electron chi connectivity index (χ1n) is 9.79. The molecule has 0 saturated carbocycles. The van der Waals surface area contributed by atoms with Crippen molar-refractivity contribution in [2.24, 2.45) is 0 Å². The number of methoxy groups -OCH3 is 1. The SMILES string of the molecule is C=CCc1cc(/C=C(/C#N)C(=O)N2CCN(c3ccccc3)CC2)cc(OC)c1O. The van der Waals surface area contributed by atoms with Crippen molar-refractivity contribution in [3.63, 3.8) is 0 Å². The van der Waals surface area contributed by atoms with Crippen LogP contribution in [0.1, 0.15) is 11.1 Å². The number of hydrogen-bond donors (Lipinski definition) is 1. The zero-order chi connectivity index (χ0) is 21.5. The minimum atomic E-state index is -0.289. The molecule has 3 rings (SSSR count). The standard InChI is InChI=1S/C24H25N3O3/c1-3-7-19-14-18(16-22(30-2)23(19)28)15-20(17-25)24(29)27-12-10-26(11-13-27)21-8-5-4-6-9-21/h3-6,8-9,14-16,28H,1,7,10-13H2,2H3/b20-15-. The number of nitriles is 1. The Hall–Kier alpha value is -3.72. The predicted molar refractivity (Wildman–Crippen MR) is 117 cm³/mol. The lowest BCUT2D eigenvalue weighted by Gasteiger charge is -2.36. The number of piperazine rings is 1. The van der Waals surface area contributed by atoms with E-state index in [1.807, 2.05) is 24.3 Å². The number of anilines is 1. The fourth-order valence-corrected chi connectivity index (χ4v) is 3.52. The quantitative estimate of drug-likeness (QED) is 0.455. The Morgan fingerprint density at radius 1 is 1.23 bits per heavy atom. The molecule has 6 nitrogen and oxygen atoms in total. The van der Waals surface area contributed by atoms with Crippen LogP contribution >= 0.6 is 0 Å². The molecule has 1 amide bonds. The highest BCUT2D eigenvalue weighted by atomic mass is 16.5. The number of allylic oxidation sites excluding steroid dienone is 1. The van der Waals surface area contributed by atoms with Crippen LogP contribution in [0.25, 0.3) is 6.08 Å². The predicted octanol–water partition coefficient (Wildman–Crippen LogP) is 3.39. The van der Waals surface area contributed by atoms with Crippen molar-refractivity contribution in [3.05, 3.63) is 71.8 Å². The maximum absolute atomic E-state index is 12.9. The van der Waals surface area contributed by atoms with E-state index in [0.717, 1.165) is 5.69 Å². The van der Waals surface area contributed by atoms with E-state index in [4.69, 9.17) is 4.74 Å². The average Bonchev–Trinajstić information content (AvgIpc) is 2.79. The molecule has 1 saturated heterocycles. The lowest BCUT2D eigenvalue weighted by atomic mass is 10.0. The highest BCUT2D eigenvalue weighted by Gasteiger charge is 2.24. The van der Waals surface area contributed by atoms with Crippen LogP contribution in [0.3, 0.4) is 0 Å². The van der Waals surface area contributed by atoms with Gasteiger partial charge in [-0.2, -0.15) is 5.26 Å². The van der Waals surface area contributed by atoms with E-state index in [1.165, 1.54) is 7.11 Å². The van der Waals surface area contributed by atoms with Gasteiger partial charge in [-0.3, -0.25) is 4.79 Å². The first-order chi connectivity index (χ1) is 14.6. The van der Waals surface area contributed by atoms with Gasteiger partial charge in [-0.05, 0) is 42.3 Å². The average molecular weight is 403 g/mol. The van der Waals surface area contributed by atoms with E-state index in [0.29, 0.717) is 49.5 Å². The number of aromatic hydroxyl groups is 1. The molecule has 0 atom stereocenters. The molecule has 0 aromatic heterocycles. The summed E-state index contributed by atoms with van der Waals surface area (Å²) in [5.74, 6) is 0.0424. The minimum Gasteiger partial charge on any atom is -0.504 e. The monoisotopic (exact) mass is 403 g/mol. The van der Waals surface area contributed by atoms with E-state index in [1.54, 1.807) is 29.2 Å². The fourth-order valence-electron chi connectivity index (χ4n) is 3.52. The third-order valence-electron chi connectivity index (χ3n) is 5.11. The highest BCUT2D eigenvalue weighted by Crippen LogP contribution is 2.33. The Balaban J connectivity index is 1.77. The van der Waals surface area contributed by atoms with Gasteiger partial charge >= 0.3 is 0 Å². The summed E-state index contributed by atoms with van der Waals surface area (Å²) in [5, 5.41) is 19.8. The Morgan fingerprint density at radius 2 is 1.93 bits per heavy atom. The molecular formula is C24H25N3O3. The number of carbonyl (C=O) groups is 1. The molecule has 1 aliphatic rings. The summed E-state index contributed by atoms with van der Waals surface area (Å²) in [5.41, 5.74) is 2.43. The van der Waals surface area contributed by atoms with Gasteiger partial charge in [-0.25, -0.2) is 0 Å². The number of benzene rings is 2. The molecule has 2 aromatic rings. The van der Waals surface area contributed by atoms with Gasteiger partial charge in [0.15, 0.2) is 11.5 Å². The largest absolute Gasteiger partial charge is 0.504 e. The smallest absolute Gasteiger partial charge is 0.264 e. The van der Waals surface area contributed by atoms with Gasteiger partial charge < -0.3 is 19.6 Å². The second-order valence-electron chi connectivity index (χ2n) is 7.01. The molecule has 0 unspecified atom stereocenters. The summed E-state index contributed by atoms with van der Waals surface area (Å²) in [4.78, 5) is 16.9. The van der Waals surface area contributed by atoms with Crippen LogP contribution in [0.4, 0.5) is 5.69 Å². The van der Waals surface area contributed by atoms with Crippen LogP contribution in [0.2, 0.25) is 0 Å². The number of ether oxygens (including phenoxy) is 1. The number of phenolic OH excluding ortho intramolecular Hbond substituents is 1. The topological polar surface area (TPSA) is 76.8 Å². The summed E-state index contributed by atoms with van der Waals surface area (Å²) >= 11 is 0. The van der Waals surface area contributed by atoms with Gasteiger partial charge in [0.1, 0.15) is 11.6 Å². The van der Waals surface area contributed by atoms with E-state index in [-0.39, 0.29) is 17.2 Å². The maximum Gasteiger partial charge on any atom is 0.264 e. The van der Waals surface area contributed by atoms with E-state index < -0.39 is 0 Å². The Bertz CT molecular complexity index is 985. The van der Waals surface area contributed by atoms with Crippen LogP contribution in [0.5, 0.6) is 11.5 Å². The van der Waals surface area contributed by atoms with Gasteiger partial charge in [0.05, 0.1) is 7.11 Å². The van der Waals surface area contributed by atoms with Gasteiger partial charge in [0.2, 0.25) is 0 Å². The van der Waals surface area contributed by atoms with Crippen LogP contribution in [0.15, 0.2) is 60.7 Å². The molecule has 30 heavy (non-hydrogen) atoms. The van der Waals surface area contributed by atoms with E-state index >= 15 is 0 Å². The molecule has 0 aliphatic carbocycles. The summed E-state index contributed by atoms with van der Waals surface area (Å²) in [7, 11) is 1.46. The van der Waals surface area contributed by atoms with E-state index in [9.17, 15) is 15.2 Å². The van der Waals surface area contributed by atoms with Crippen molar-refractivity contribution in [3.8, 4) is 17.6 Å². The fraction of sp³-hybridized carbons (Fsp3) is 0.250. The first-order valence-corrected chi connectivity index (χ1v) is 9.79. The third kappa shape index (κ3) is 4.64. The van der Waals surface area contributed by atoms with Crippen molar-refractivity contribution >= 4 is 17.7 Å². The lowest BCUT2D eigenvalue weighted by Crippen LogP contribution is -2.49. The number of nitrogens with zero attached hydrogens (tertiary/aromatic N) is 3. The number of para-hydroxylation sites is 1. The second-order valence-corrected chi connectivity index (χ2v) is 7.01. The summed E-state index contributed by atoms with van der Waals surface area (Å²) < 4.78 is 5.22. The summed E-state index contributed by atoms with van der Waals surface area (Å²) in [6.45, 7) is 6.22. The van der Waals surface area contributed by atoms with Crippen LogP contribution in [0, 0.1) is 11.3 Å². The number of phenols is 1. The van der Waals surface area contributed by atoms with Crippen LogP contribution in [-0.4, -0.2) is 49.2 Å². The van der Waals surface area contributed by atoms with Crippen molar-refractivity contribution in [2.45, 2.75) is 6.42 Å².